The molecule has 5 rings (SSSR count). The van der Waals surface area contributed by atoms with E-state index < -0.39 is 17.4 Å². The Bertz CT molecular complexity index is 1300. The molecule has 1 aliphatic heterocycles. The van der Waals surface area contributed by atoms with Crippen molar-refractivity contribution in [3.05, 3.63) is 103 Å². The first kappa shape index (κ1) is 24.5. The molecule has 1 aliphatic rings. The molecule has 188 valence electrons. The van der Waals surface area contributed by atoms with Crippen LogP contribution in [0.2, 0.25) is 0 Å². The van der Waals surface area contributed by atoms with Gasteiger partial charge in [0.05, 0.1) is 18.4 Å². The van der Waals surface area contributed by atoms with Crippen molar-refractivity contribution in [3.63, 3.8) is 0 Å². The van der Waals surface area contributed by atoms with E-state index in [4.69, 9.17) is 14.2 Å². The maximum atomic E-state index is 14.5. The van der Waals surface area contributed by atoms with Crippen LogP contribution in [0.4, 0.5) is 25.8 Å². The van der Waals surface area contributed by atoms with Gasteiger partial charge in [0.1, 0.15) is 0 Å². The Kier molecular flexibility index (Phi) is 7.16. The number of hydrogen-bond donors (Lipinski definition) is 0. The highest BCUT2D eigenvalue weighted by Gasteiger charge is 2.46. The Morgan fingerprint density at radius 2 is 1.65 bits per heavy atom. The minimum absolute atomic E-state index is 0.0472. The summed E-state index contributed by atoms with van der Waals surface area (Å²) in [6.07, 6.45) is 7.08. The van der Waals surface area contributed by atoms with Gasteiger partial charge >= 0.3 is 12.5 Å². The Balaban J connectivity index is 1.77. The van der Waals surface area contributed by atoms with Crippen LogP contribution in [0.5, 0.6) is 11.5 Å². The second-order valence-corrected chi connectivity index (χ2v) is 8.33. The zero-order valence-electron chi connectivity index (χ0n) is 19.7. The van der Waals surface area contributed by atoms with E-state index in [1.54, 1.807) is 55.0 Å². The monoisotopic (exact) mass is 504 g/mol. The molecule has 37 heavy (non-hydrogen) atoms. The van der Waals surface area contributed by atoms with Gasteiger partial charge in [-0.2, -0.15) is 13.3 Å². The number of amides is 1. The Morgan fingerprint density at radius 3 is 2.30 bits per heavy atom. The summed E-state index contributed by atoms with van der Waals surface area (Å²) in [4.78, 5) is 22.9. The second kappa shape index (κ2) is 10.8. The number of pyridine rings is 2. The number of aromatic nitrogens is 2. The summed E-state index contributed by atoms with van der Waals surface area (Å²) in [5.41, 5.74) is 1.93. The third-order valence-electron chi connectivity index (χ3n) is 6.07. The molecule has 0 N–H and O–H groups in total. The van der Waals surface area contributed by atoms with E-state index in [0.717, 1.165) is 6.42 Å². The lowest BCUT2D eigenvalue weighted by molar-refractivity contribution is -0.0632. The van der Waals surface area contributed by atoms with Crippen molar-refractivity contribution in [2.75, 3.05) is 6.61 Å². The molecule has 3 heterocycles. The molecule has 9 heteroatoms. The van der Waals surface area contributed by atoms with Gasteiger partial charge < -0.3 is 14.2 Å². The van der Waals surface area contributed by atoms with Gasteiger partial charge in [-0.1, -0.05) is 18.2 Å². The standard InChI is InChI=1S/C28H24F2N3O4/c29-28(30)37-24-13-12-22(17-25(24)36-26-11-6-16-35-26)33(21-8-2-1-3-9-21,23-10-5-15-32-19-23)27(34)20-7-4-14-31-18-20/h1-5,7-10,12-15,17-19,26,28H,6,11,16H2/q+1. The molecule has 2 atom stereocenters. The Morgan fingerprint density at radius 1 is 0.892 bits per heavy atom. The van der Waals surface area contributed by atoms with Crippen LogP contribution in [0.25, 0.3) is 0 Å². The summed E-state index contributed by atoms with van der Waals surface area (Å²) in [5.74, 6) is -0.427. The number of halogens is 2. The largest absolute Gasteiger partial charge is 0.461 e. The van der Waals surface area contributed by atoms with Crippen LogP contribution in [0, 0.1) is 0 Å². The smallest absolute Gasteiger partial charge is 0.387 e. The zero-order chi connectivity index (χ0) is 25.7. The number of rotatable bonds is 8. The molecule has 0 bridgehead atoms. The number of nitrogens with zero attached hydrogens (tertiary/aromatic N) is 3. The van der Waals surface area contributed by atoms with E-state index in [9.17, 15) is 13.6 Å². The highest BCUT2D eigenvalue weighted by Crippen LogP contribution is 2.48. The molecule has 2 aromatic carbocycles. The highest BCUT2D eigenvalue weighted by molar-refractivity contribution is 6.10. The number of alkyl halides is 2. The molecule has 0 spiro atoms. The highest BCUT2D eigenvalue weighted by atomic mass is 19.3. The van der Waals surface area contributed by atoms with Crippen molar-refractivity contribution in [1.82, 2.24) is 14.5 Å². The van der Waals surface area contributed by atoms with Crippen molar-refractivity contribution in [2.45, 2.75) is 25.7 Å². The van der Waals surface area contributed by atoms with Crippen LogP contribution in [0.15, 0.2) is 97.6 Å². The van der Waals surface area contributed by atoms with Crippen molar-refractivity contribution in [2.24, 2.45) is 0 Å². The molecular formula is C28H24F2N3O4+. The van der Waals surface area contributed by atoms with Gasteiger partial charge in [0.2, 0.25) is 0 Å². The van der Waals surface area contributed by atoms with Crippen LogP contribution in [0.1, 0.15) is 23.2 Å². The first-order valence-corrected chi connectivity index (χ1v) is 11.8. The fourth-order valence-electron chi connectivity index (χ4n) is 4.46. The molecular weight excluding hydrogens is 480 g/mol. The van der Waals surface area contributed by atoms with Gasteiger partial charge in [-0.3, -0.25) is 9.97 Å². The molecule has 2 aromatic heterocycles. The lowest BCUT2D eigenvalue weighted by Gasteiger charge is -2.34. The van der Waals surface area contributed by atoms with Crippen molar-refractivity contribution < 1.29 is 27.8 Å². The average Bonchev–Trinajstić information content (AvgIpc) is 3.45. The van der Waals surface area contributed by atoms with Crippen LogP contribution in [0.3, 0.4) is 0 Å². The first-order valence-electron chi connectivity index (χ1n) is 11.8. The van der Waals surface area contributed by atoms with Crippen LogP contribution < -0.4 is 14.0 Å². The van der Waals surface area contributed by atoms with Crippen LogP contribution >= 0.6 is 0 Å². The predicted octanol–water partition coefficient (Wildman–Crippen LogP) is 6.40. The van der Waals surface area contributed by atoms with Crippen molar-refractivity contribution in [1.29, 1.82) is 0 Å². The lowest BCUT2D eigenvalue weighted by atomic mass is 10.1. The van der Waals surface area contributed by atoms with Gasteiger partial charge in [0, 0.05) is 55.3 Å². The minimum atomic E-state index is -3.05. The van der Waals surface area contributed by atoms with Crippen LogP contribution in [-0.4, -0.2) is 35.4 Å². The summed E-state index contributed by atoms with van der Waals surface area (Å²) in [5, 5.41) is 0. The maximum absolute atomic E-state index is 14.5. The van der Waals surface area contributed by atoms with Crippen molar-refractivity contribution in [3.8, 4) is 11.5 Å². The summed E-state index contributed by atoms with van der Waals surface area (Å²) in [6.45, 7) is -2.55. The number of carbonyl (C=O) groups excluding carboxylic acids is 1. The average molecular weight is 505 g/mol. The van der Waals surface area contributed by atoms with E-state index in [-0.39, 0.29) is 17.4 Å². The molecule has 1 saturated heterocycles. The maximum Gasteiger partial charge on any atom is 0.387 e. The Labute approximate surface area is 212 Å². The molecule has 2 unspecified atom stereocenters. The number of hydrogen-bond acceptors (Lipinski definition) is 6. The number of carbonyl (C=O) groups is 1. The number of benzene rings is 2. The van der Waals surface area contributed by atoms with E-state index in [2.05, 4.69) is 9.97 Å². The van der Waals surface area contributed by atoms with E-state index >= 15 is 0 Å². The predicted molar refractivity (Wildman–Crippen MR) is 133 cm³/mol. The molecule has 0 radical (unpaired) electrons. The number of para-hydroxylation sites is 1. The van der Waals surface area contributed by atoms with Gasteiger partial charge in [-0.25, -0.2) is 4.79 Å². The Hall–Kier alpha value is -4.21. The molecule has 1 amide bonds. The van der Waals surface area contributed by atoms with Crippen LogP contribution in [-0.2, 0) is 4.74 Å². The summed E-state index contributed by atoms with van der Waals surface area (Å²) in [7, 11) is 0. The first-order chi connectivity index (χ1) is 18.1. The van der Waals surface area contributed by atoms with E-state index in [1.165, 1.54) is 12.3 Å². The fraction of sp³-hybridized carbons (Fsp3) is 0.179. The second-order valence-electron chi connectivity index (χ2n) is 8.33. The SMILES string of the molecule is O=C(c1cccnc1)[N+](c1ccccc1)(c1cccnc1)c1ccc(OC(F)F)c(OC2CCCO2)c1. The molecule has 1 fully saturated rings. The quantitative estimate of drug-likeness (QED) is 0.259. The lowest BCUT2D eigenvalue weighted by Crippen LogP contribution is -2.45. The summed E-state index contributed by atoms with van der Waals surface area (Å²) < 4.78 is 42.4. The third-order valence-corrected chi connectivity index (χ3v) is 6.07. The van der Waals surface area contributed by atoms with Gasteiger partial charge in [-0.15, -0.1) is 0 Å². The fourth-order valence-corrected chi connectivity index (χ4v) is 4.46. The van der Waals surface area contributed by atoms with E-state index in [0.29, 0.717) is 35.7 Å². The molecule has 4 aromatic rings. The number of ether oxygens (including phenoxy) is 3. The zero-order valence-corrected chi connectivity index (χ0v) is 19.7. The molecule has 0 saturated carbocycles. The summed E-state index contributed by atoms with van der Waals surface area (Å²) >= 11 is 0. The normalized spacial score (nSPS) is 16.8. The topological polar surface area (TPSA) is 70.5 Å². The number of quaternary nitrogens is 1. The van der Waals surface area contributed by atoms with Gasteiger partial charge in [0.15, 0.2) is 34.9 Å². The van der Waals surface area contributed by atoms with Gasteiger partial charge in [0.25, 0.3) is 0 Å². The van der Waals surface area contributed by atoms with Crippen molar-refractivity contribution >= 4 is 23.0 Å². The third kappa shape index (κ3) is 4.91. The molecule has 0 aliphatic carbocycles. The van der Waals surface area contributed by atoms with E-state index in [1.807, 2.05) is 30.3 Å². The molecule has 7 nitrogen and oxygen atoms in total. The van der Waals surface area contributed by atoms with Gasteiger partial charge in [-0.05, 0) is 30.7 Å². The summed E-state index contributed by atoms with van der Waals surface area (Å²) in [6, 6.07) is 20.6. The minimum Gasteiger partial charge on any atom is -0.461 e.